The van der Waals surface area contributed by atoms with Crippen LogP contribution in [-0.4, -0.2) is 60.4 Å². The topological polar surface area (TPSA) is 74.2 Å². The van der Waals surface area contributed by atoms with E-state index in [-0.39, 0.29) is 30.0 Å². The molecule has 146 valence electrons. The van der Waals surface area contributed by atoms with Gasteiger partial charge in [-0.2, -0.15) is 11.8 Å². The fourth-order valence-electron chi connectivity index (χ4n) is 5.93. The lowest BCUT2D eigenvalue weighted by Crippen LogP contribution is -2.62. The van der Waals surface area contributed by atoms with E-state index in [1.165, 1.54) is 6.92 Å². The van der Waals surface area contributed by atoms with Gasteiger partial charge in [-0.3, -0.25) is 4.79 Å². The minimum atomic E-state index is -0.439. The van der Waals surface area contributed by atoms with Crippen molar-refractivity contribution in [2.75, 3.05) is 25.2 Å². The molecule has 0 aliphatic carbocycles. The maximum atomic E-state index is 11.6. The van der Waals surface area contributed by atoms with Crippen LogP contribution in [0.1, 0.15) is 24.8 Å². The number of hydrogen-bond donors (Lipinski definition) is 1. The van der Waals surface area contributed by atoms with Crippen LogP contribution in [-0.2, 0) is 23.7 Å². The zero-order chi connectivity index (χ0) is 18.8. The summed E-state index contributed by atoms with van der Waals surface area (Å²) in [5.41, 5.74) is 0.0798. The van der Waals surface area contributed by atoms with Crippen LogP contribution in [0.5, 0.6) is 5.75 Å². The highest BCUT2D eigenvalue weighted by Crippen LogP contribution is 2.71. The molecule has 0 aromatic heterocycles. The zero-order valence-electron chi connectivity index (χ0n) is 15.4. The van der Waals surface area contributed by atoms with Crippen molar-refractivity contribution in [2.24, 2.45) is 11.3 Å². The number of fused-ring (bicyclic) bond motifs is 2. The van der Waals surface area contributed by atoms with Gasteiger partial charge < -0.3 is 24.1 Å². The molecule has 0 unspecified atom stereocenters. The van der Waals surface area contributed by atoms with Crippen LogP contribution in [0.3, 0.4) is 0 Å². The number of para-hydroxylation sites is 1. The highest BCUT2D eigenvalue weighted by atomic mass is 32.2. The number of carbonyl (C=O) groups excluding carboxylic acids is 1. The van der Waals surface area contributed by atoms with Gasteiger partial charge in [0.1, 0.15) is 12.4 Å². The van der Waals surface area contributed by atoms with E-state index in [1.54, 1.807) is 13.2 Å². The van der Waals surface area contributed by atoms with Crippen molar-refractivity contribution in [3.05, 3.63) is 29.8 Å². The quantitative estimate of drug-likeness (QED) is 0.788. The lowest BCUT2D eigenvalue weighted by molar-refractivity contribution is -0.165. The van der Waals surface area contributed by atoms with Crippen molar-refractivity contribution in [1.29, 1.82) is 0 Å². The Labute approximate surface area is 162 Å². The van der Waals surface area contributed by atoms with E-state index in [1.807, 2.05) is 30.0 Å². The monoisotopic (exact) mass is 392 g/mol. The summed E-state index contributed by atoms with van der Waals surface area (Å²) in [6, 6.07) is 7.48. The fraction of sp³-hybridized carbons (Fsp3) is 0.650. The molecule has 1 spiro atoms. The summed E-state index contributed by atoms with van der Waals surface area (Å²) in [5.74, 6) is 1.73. The molecule has 2 bridgehead atoms. The number of thioether (sulfide) groups is 1. The molecule has 7 heteroatoms. The van der Waals surface area contributed by atoms with Gasteiger partial charge in [0.15, 0.2) is 6.29 Å². The van der Waals surface area contributed by atoms with Gasteiger partial charge in [-0.1, -0.05) is 18.2 Å². The van der Waals surface area contributed by atoms with E-state index in [4.69, 9.17) is 18.9 Å². The van der Waals surface area contributed by atoms with Crippen LogP contribution in [0.25, 0.3) is 0 Å². The molecule has 0 saturated carbocycles. The molecule has 1 aromatic rings. The number of aromatic hydroxyl groups is 1. The van der Waals surface area contributed by atoms with Crippen molar-refractivity contribution < 1.29 is 28.8 Å². The van der Waals surface area contributed by atoms with Gasteiger partial charge in [-0.05, 0) is 18.1 Å². The summed E-state index contributed by atoms with van der Waals surface area (Å²) in [5, 5.41) is 10.4. The summed E-state index contributed by atoms with van der Waals surface area (Å²) >= 11 is 1.82. The SMILES string of the molecule is CO[C@H]1O[C@@H]2CSC[C@]34C[C@H](c5ccccc5O)[C@H](O3)[C@H]1[C@]24COC(C)=O. The molecule has 5 rings (SSSR count). The van der Waals surface area contributed by atoms with Gasteiger partial charge in [-0.25, -0.2) is 0 Å². The van der Waals surface area contributed by atoms with Crippen molar-refractivity contribution >= 4 is 17.7 Å². The van der Waals surface area contributed by atoms with Crippen molar-refractivity contribution in [1.82, 2.24) is 0 Å². The number of benzene rings is 1. The summed E-state index contributed by atoms with van der Waals surface area (Å²) in [7, 11) is 1.66. The third kappa shape index (κ3) is 2.23. The Bertz CT molecular complexity index is 771. The molecule has 27 heavy (non-hydrogen) atoms. The fourth-order valence-corrected chi connectivity index (χ4v) is 7.43. The highest BCUT2D eigenvalue weighted by molar-refractivity contribution is 7.99. The molecule has 7 atom stereocenters. The highest BCUT2D eigenvalue weighted by Gasteiger charge is 2.80. The van der Waals surface area contributed by atoms with Crippen molar-refractivity contribution in [3.63, 3.8) is 0 Å². The second kappa shape index (κ2) is 6.11. The number of esters is 1. The molecule has 6 nitrogen and oxygen atoms in total. The summed E-state index contributed by atoms with van der Waals surface area (Å²) < 4.78 is 24.3. The first-order valence-corrected chi connectivity index (χ1v) is 10.5. The predicted molar refractivity (Wildman–Crippen MR) is 98.6 cm³/mol. The second-order valence-corrected chi connectivity index (χ2v) is 9.07. The smallest absolute Gasteiger partial charge is 0.302 e. The van der Waals surface area contributed by atoms with Gasteiger partial charge in [0.2, 0.25) is 0 Å². The molecule has 4 aliphatic rings. The molecular weight excluding hydrogens is 368 g/mol. The first-order chi connectivity index (χ1) is 13.0. The molecule has 4 saturated heterocycles. The van der Waals surface area contributed by atoms with Crippen molar-refractivity contribution in [3.8, 4) is 5.75 Å². The number of carbonyl (C=O) groups is 1. The third-order valence-electron chi connectivity index (χ3n) is 6.96. The number of phenolic OH excluding ortho intramolecular Hbond substituents is 1. The van der Waals surface area contributed by atoms with Crippen LogP contribution in [0.4, 0.5) is 0 Å². The summed E-state index contributed by atoms with van der Waals surface area (Å²) in [6.45, 7) is 1.73. The Balaban J connectivity index is 1.60. The molecule has 0 amide bonds. The van der Waals surface area contributed by atoms with Crippen LogP contribution in [0, 0.1) is 11.3 Å². The average molecular weight is 392 g/mol. The first kappa shape index (κ1) is 17.8. The van der Waals surface area contributed by atoms with Crippen LogP contribution in [0.15, 0.2) is 24.3 Å². The maximum Gasteiger partial charge on any atom is 0.302 e. The van der Waals surface area contributed by atoms with E-state index in [0.29, 0.717) is 12.4 Å². The van der Waals surface area contributed by atoms with Gasteiger partial charge in [0.25, 0.3) is 0 Å². The number of methoxy groups -OCH3 is 1. The summed E-state index contributed by atoms with van der Waals surface area (Å²) in [6.07, 6.45) is 0.184. The van der Waals surface area contributed by atoms with E-state index >= 15 is 0 Å². The normalized spacial score (nSPS) is 44.3. The molecular formula is C20H24O6S. The standard InChI is InChI=1S/C20H24O6S/c1-11(21)24-9-20-15-8-27-10-19(20)7-13(12-5-3-4-6-14(12)22)17(26-19)16(20)18(23-2)25-15/h3-6,13,15-18,22H,7-10H2,1-2H3/t13-,15-,16-,17+,18+,19+,20+/m1/s1. The lowest BCUT2D eigenvalue weighted by atomic mass is 9.55. The number of ether oxygens (including phenoxy) is 4. The molecule has 1 N–H and O–H groups in total. The van der Waals surface area contributed by atoms with E-state index in [9.17, 15) is 9.90 Å². The van der Waals surface area contributed by atoms with Crippen LogP contribution in [0.2, 0.25) is 0 Å². The largest absolute Gasteiger partial charge is 0.508 e. The maximum absolute atomic E-state index is 11.6. The van der Waals surface area contributed by atoms with E-state index < -0.39 is 17.3 Å². The number of phenols is 1. The predicted octanol–water partition coefficient (Wildman–Crippen LogP) is 2.30. The molecule has 0 radical (unpaired) electrons. The Morgan fingerprint density at radius 1 is 1.41 bits per heavy atom. The van der Waals surface area contributed by atoms with E-state index in [0.717, 1.165) is 23.5 Å². The molecule has 4 heterocycles. The minimum Gasteiger partial charge on any atom is -0.508 e. The Morgan fingerprint density at radius 2 is 2.22 bits per heavy atom. The third-order valence-corrected chi connectivity index (χ3v) is 8.17. The Morgan fingerprint density at radius 3 is 2.96 bits per heavy atom. The number of rotatable bonds is 4. The van der Waals surface area contributed by atoms with Gasteiger partial charge in [0.05, 0.1) is 29.1 Å². The second-order valence-electron chi connectivity index (χ2n) is 8.04. The Kier molecular flexibility index (Phi) is 4.03. The molecule has 4 aliphatic heterocycles. The van der Waals surface area contributed by atoms with Crippen LogP contribution < -0.4 is 0 Å². The zero-order valence-corrected chi connectivity index (χ0v) is 16.2. The van der Waals surface area contributed by atoms with E-state index in [2.05, 4.69) is 0 Å². The first-order valence-electron chi connectivity index (χ1n) is 9.37. The van der Waals surface area contributed by atoms with Gasteiger partial charge >= 0.3 is 5.97 Å². The summed E-state index contributed by atoms with van der Waals surface area (Å²) in [4.78, 5) is 11.6. The number of hydrogen-bond acceptors (Lipinski definition) is 7. The van der Waals surface area contributed by atoms with Crippen molar-refractivity contribution in [2.45, 2.75) is 43.4 Å². The van der Waals surface area contributed by atoms with Gasteiger partial charge in [0, 0.05) is 31.5 Å². The Hall–Kier alpha value is -1.28. The molecule has 4 fully saturated rings. The minimum absolute atomic E-state index is 0.0360. The van der Waals surface area contributed by atoms with Crippen LogP contribution >= 0.6 is 11.8 Å². The average Bonchev–Trinajstić information content (AvgIpc) is 3.27. The molecule has 1 aromatic carbocycles. The lowest BCUT2D eigenvalue weighted by Gasteiger charge is -2.50. The van der Waals surface area contributed by atoms with Gasteiger partial charge in [-0.15, -0.1) is 0 Å².